The molecule has 1 unspecified atom stereocenters. The van der Waals surface area contributed by atoms with Crippen molar-refractivity contribution in [2.24, 2.45) is 23.5 Å². The van der Waals surface area contributed by atoms with Crippen molar-refractivity contribution in [3.05, 3.63) is 36.5 Å². The summed E-state index contributed by atoms with van der Waals surface area (Å²) in [6.07, 6.45) is 12.0. The molecule has 0 radical (unpaired) electrons. The molecule has 0 aromatic rings. The van der Waals surface area contributed by atoms with Crippen LogP contribution in [0.4, 0.5) is 0 Å². The average Bonchev–Trinajstić information content (AvgIpc) is 2.60. The molecule has 0 bridgehead atoms. The van der Waals surface area contributed by atoms with E-state index in [4.69, 9.17) is 5.73 Å². The highest BCUT2D eigenvalue weighted by atomic mass is 16.1. The summed E-state index contributed by atoms with van der Waals surface area (Å²) in [5.74, 6) is 0.561. The molecule has 1 saturated carbocycles. The van der Waals surface area contributed by atoms with E-state index in [2.05, 4.69) is 12.2 Å². The third kappa shape index (κ3) is 1.09. The van der Waals surface area contributed by atoms with E-state index in [1.54, 1.807) is 0 Å². The van der Waals surface area contributed by atoms with Crippen molar-refractivity contribution in [3.8, 4) is 0 Å². The number of carbonyl (C=O) groups excluding carboxylic acids is 1. The summed E-state index contributed by atoms with van der Waals surface area (Å²) in [6, 6.07) is 0. The van der Waals surface area contributed by atoms with Crippen LogP contribution in [0.3, 0.4) is 0 Å². The van der Waals surface area contributed by atoms with Crippen LogP contribution in [0.25, 0.3) is 0 Å². The van der Waals surface area contributed by atoms with E-state index < -0.39 is 0 Å². The van der Waals surface area contributed by atoms with E-state index >= 15 is 0 Å². The van der Waals surface area contributed by atoms with Gasteiger partial charge in [-0.05, 0) is 11.8 Å². The minimum atomic E-state index is -0.179. The Bertz CT molecular complexity index is 266. The number of hydrogen-bond donors (Lipinski definition) is 1. The zero-order chi connectivity index (χ0) is 8.55. The molecule has 1 amide bonds. The molecular weight excluding hydrogens is 150 g/mol. The fourth-order valence-electron chi connectivity index (χ4n) is 1.75. The lowest BCUT2D eigenvalue weighted by Gasteiger charge is -1.85. The molecule has 2 aliphatic carbocycles. The third-order valence-corrected chi connectivity index (χ3v) is 2.46. The Hall–Kier alpha value is -1.31. The molecule has 0 saturated heterocycles. The molecule has 0 aromatic carbocycles. The monoisotopic (exact) mass is 161 g/mol. The van der Waals surface area contributed by atoms with Gasteiger partial charge in [0, 0.05) is 0 Å². The van der Waals surface area contributed by atoms with Gasteiger partial charge in [-0.1, -0.05) is 36.5 Å². The summed E-state index contributed by atoms with van der Waals surface area (Å²) >= 11 is 0. The van der Waals surface area contributed by atoms with Crippen molar-refractivity contribution in [2.45, 2.75) is 0 Å². The second kappa shape index (κ2) is 2.63. The third-order valence-electron chi connectivity index (χ3n) is 2.46. The Morgan fingerprint density at radius 3 is 1.92 bits per heavy atom. The van der Waals surface area contributed by atoms with Gasteiger partial charge >= 0.3 is 0 Å². The molecule has 0 aliphatic heterocycles. The van der Waals surface area contributed by atoms with Gasteiger partial charge in [-0.2, -0.15) is 0 Å². The lowest BCUT2D eigenvalue weighted by molar-refractivity contribution is -0.119. The highest BCUT2D eigenvalue weighted by Crippen LogP contribution is 2.48. The van der Waals surface area contributed by atoms with Crippen molar-refractivity contribution in [3.63, 3.8) is 0 Å². The molecule has 2 heteroatoms. The zero-order valence-corrected chi connectivity index (χ0v) is 6.68. The van der Waals surface area contributed by atoms with Crippen molar-refractivity contribution < 1.29 is 4.79 Å². The van der Waals surface area contributed by atoms with E-state index in [0.29, 0.717) is 11.8 Å². The smallest absolute Gasteiger partial charge is 0.221 e. The quantitative estimate of drug-likeness (QED) is 0.613. The van der Waals surface area contributed by atoms with E-state index in [0.717, 1.165) is 0 Å². The summed E-state index contributed by atoms with van der Waals surface area (Å²) < 4.78 is 0. The number of nitrogens with two attached hydrogens (primary N) is 1. The number of primary amides is 1. The van der Waals surface area contributed by atoms with Crippen LogP contribution in [0.1, 0.15) is 0 Å². The van der Waals surface area contributed by atoms with Crippen LogP contribution >= 0.6 is 0 Å². The summed E-state index contributed by atoms with van der Waals surface area (Å²) in [5.41, 5.74) is 5.23. The molecule has 0 aromatic heterocycles. The molecule has 2 N–H and O–H groups in total. The van der Waals surface area contributed by atoms with Gasteiger partial charge in [-0.15, -0.1) is 0 Å². The average molecular weight is 161 g/mol. The van der Waals surface area contributed by atoms with Crippen molar-refractivity contribution >= 4 is 5.91 Å². The number of hydrogen-bond acceptors (Lipinski definition) is 1. The first-order valence-corrected chi connectivity index (χ1v) is 4.11. The Morgan fingerprint density at radius 2 is 1.50 bits per heavy atom. The fraction of sp³-hybridized carbons (Fsp3) is 0.300. The van der Waals surface area contributed by atoms with Crippen LogP contribution in [0.15, 0.2) is 36.5 Å². The summed E-state index contributed by atoms with van der Waals surface area (Å²) in [5, 5.41) is 0. The van der Waals surface area contributed by atoms with Crippen LogP contribution in [0.5, 0.6) is 0 Å². The molecule has 12 heavy (non-hydrogen) atoms. The minimum Gasteiger partial charge on any atom is -0.369 e. The van der Waals surface area contributed by atoms with Gasteiger partial charge in [0.25, 0.3) is 0 Å². The van der Waals surface area contributed by atoms with E-state index in [1.807, 2.05) is 24.3 Å². The standard InChI is InChI=1S/C10H11NO/c11-10(12)9-7-5-3-1-2-4-6-8(7)9/h1-9H,(H2,11,12)/b2-1-,5-3-,6-4-/t7-,8+,9?. The number of rotatable bonds is 1. The maximum atomic E-state index is 10.9. The first kappa shape index (κ1) is 7.35. The maximum Gasteiger partial charge on any atom is 0.221 e. The maximum absolute atomic E-state index is 10.9. The molecule has 62 valence electrons. The summed E-state index contributed by atoms with van der Waals surface area (Å²) in [7, 11) is 0. The highest BCUT2D eigenvalue weighted by molar-refractivity contribution is 5.81. The summed E-state index contributed by atoms with van der Waals surface area (Å²) in [4.78, 5) is 10.9. The number of carbonyl (C=O) groups is 1. The molecule has 2 rings (SSSR count). The molecule has 3 atom stereocenters. The molecular formula is C10H11NO. The first-order chi connectivity index (χ1) is 5.80. The Morgan fingerprint density at radius 1 is 1.00 bits per heavy atom. The van der Waals surface area contributed by atoms with Crippen molar-refractivity contribution in [1.82, 2.24) is 0 Å². The summed E-state index contributed by atoms with van der Waals surface area (Å²) in [6.45, 7) is 0. The van der Waals surface area contributed by atoms with Gasteiger partial charge in [0.05, 0.1) is 5.92 Å². The predicted molar refractivity (Wildman–Crippen MR) is 47.1 cm³/mol. The van der Waals surface area contributed by atoms with Gasteiger partial charge < -0.3 is 5.73 Å². The Labute approximate surface area is 71.4 Å². The predicted octanol–water partition coefficient (Wildman–Crippen LogP) is 1.02. The second-order valence-electron chi connectivity index (χ2n) is 3.24. The molecule has 0 heterocycles. The van der Waals surface area contributed by atoms with Crippen LogP contribution < -0.4 is 5.73 Å². The van der Waals surface area contributed by atoms with Crippen LogP contribution in [0, 0.1) is 17.8 Å². The second-order valence-corrected chi connectivity index (χ2v) is 3.24. The lowest BCUT2D eigenvalue weighted by atomic mass is 10.2. The van der Waals surface area contributed by atoms with Crippen molar-refractivity contribution in [2.75, 3.05) is 0 Å². The SMILES string of the molecule is NC(=O)C1[C@H]2\C=C/C=C\C=C/[C@@H]12. The Kier molecular flexibility index (Phi) is 1.61. The van der Waals surface area contributed by atoms with Gasteiger partial charge in [-0.3, -0.25) is 4.79 Å². The zero-order valence-electron chi connectivity index (χ0n) is 6.68. The fourth-order valence-corrected chi connectivity index (χ4v) is 1.75. The highest BCUT2D eigenvalue weighted by Gasteiger charge is 2.50. The van der Waals surface area contributed by atoms with Gasteiger partial charge in [0.1, 0.15) is 0 Å². The van der Waals surface area contributed by atoms with Crippen LogP contribution in [-0.2, 0) is 4.79 Å². The molecule has 2 aliphatic rings. The van der Waals surface area contributed by atoms with E-state index in [1.165, 1.54) is 0 Å². The molecule has 1 fully saturated rings. The normalized spacial score (nSPS) is 44.8. The molecule has 2 nitrogen and oxygen atoms in total. The number of allylic oxidation sites excluding steroid dienone is 6. The van der Waals surface area contributed by atoms with Gasteiger partial charge in [0.15, 0.2) is 0 Å². The number of fused-ring (bicyclic) bond motifs is 1. The van der Waals surface area contributed by atoms with Crippen LogP contribution in [0.2, 0.25) is 0 Å². The van der Waals surface area contributed by atoms with Gasteiger partial charge in [-0.25, -0.2) is 0 Å². The minimum absolute atomic E-state index is 0.0393. The van der Waals surface area contributed by atoms with E-state index in [9.17, 15) is 4.79 Å². The topological polar surface area (TPSA) is 43.1 Å². The van der Waals surface area contributed by atoms with Gasteiger partial charge in [0.2, 0.25) is 5.91 Å². The molecule has 0 spiro atoms. The largest absolute Gasteiger partial charge is 0.369 e. The van der Waals surface area contributed by atoms with Crippen LogP contribution in [-0.4, -0.2) is 5.91 Å². The van der Waals surface area contributed by atoms with E-state index in [-0.39, 0.29) is 11.8 Å². The Balaban J connectivity index is 2.17. The number of amides is 1. The first-order valence-electron chi connectivity index (χ1n) is 4.11. The van der Waals surface area contributed by atoms with Crippen molar-refractivity contribution in [1.29, 1.82) is 0 Å². The lowest BCUT2D eigenvalue weighted by Crippen LogP contribution is -2.14.